The van der Waals surface area contributed by atoms with E-state index in [4.69, 9.17) is 16.3 Å². The van der Waals surface area contributed by atoms with Crippen LogP contribution < -0.4 is 10.6 Å². The second-order valence-corrected chi connectivity index (χ2v) is 6.24. The fourth-order valence-electron chi connectivity index (χ4n) is 1.55. The Bertz CT molecular complexity index is 608. The molecule has 1 unspecified atom stereocenters. The van der Waals surface area contributed by atoms with Crippen LogP contribution in [-0.2, 0) is 9.53 Å². The van der Waals surface area contributed by atoms with Gasteiger partial charge in [0.15, 0.2) is 6.10 Å². The zero-order valence-corrected chi connectivity index (χ0v) is 14.0. The summed E-state index contributed by atoms with van der Waals surface area (Å²) >= 11 is 5.74. The number of rotatable bonds is 3. The molecule has 23 heavy (non-hydrogen) atoms. The summed E-state index contributed by atoms with van der Waals surface area (Å²) < 4.78 is 18.4. The molecule has 126 valence electrons. The molecule has 0 saturated carbocycles. The number of benzene rings is 1. The van der Waals surface area contributed by atoms with Crippen molar-refractivity contribution < 1.29 is 23.5 Å². The quantitative estimate of drug-likeness (QED) is 0.825. The van der Waals surface area contributed by atoms with E-state index in [2.05, 4.69) is 5.32 Å². The molecule has 0 radical (unpaired) electrons. The summed E-state index contributed by atoms with van der Waals surface area (Å²) in [5.41, 5.74) is -1.00. The number of ether oxygens (including phenoxy) is 1. The number of carbonyl (C=O) groups is 3. The first-order chi connectivity index (χ1) is 10.5. The lowest BCUT2D eigenvalue weighted by Crippen LogP contribution is -2.50. The van der Waals surface area contributed by atoms with Gasteiger partial charge in [0.05, 0.1) is 5.02 Å². The molecule has 0 bridgehead atoms. The van der Waals surface area contributed by atoms with Crippen molar-refractivity contribution in [2.45, 2.75) is 39.3 Å². The minimum absolute atomic E-state index is 0.131. The summed E-state index contributed by atoms with van der Waals surface area (Å²) in [7, 11) is 0. The predicted molar refractivity (Wildman–Crippen MR) is 82.7 cm³/mol. The van der Waals surface area contributed by atoms with Gasteiger partial charge in [-0.15, -0.1) is 0 Å². The van der Waals surface area contributed by atoms with Crippen LogP contribution in [0.5, 0.6) is 0 Å². The van der Waals surface area contributed by atoms with Crippen LogP contribution in [0.2, 0.25) is 5.02 Å². The van der Waals surface area contributed by atoms with Gasteiger partial charge in [0.1, 0.15) is 11.4 Å². The van der Waals surface area contributed by atoms with E-state index in [0.29, 0.717) is 0 Å². The lowest BCUT2D eigenvalue weighted by atomic mass is 10.1. The normalized spacial score (nSPS) is 12.3. The molecule has 2 N–H and O–H groups in total. The number of hydrogen-bond donors (Lipinski definition) is 2. The summed E-state index contributed by atoms with van der Waals surface area (Å²) in [5.74, 6) is -2.79. The van der Waals surface area contributed by atoms with Crippen molar-refractivity contribution >= 4 is 29.5 Å². The zero-order valence-electron chi connectivity index (χ0n) is 13.2. The van der Waals surface area contributed by atoms with Crippen molar-refractivity contribution in [2.75, 3.05) is 0 Å². The van der Waals surface area contributed by atoms with Gasteiger partial charge in [-0.05, 0) is 39.8 Å². The van der Waals surface area contributed by atoms with Gasteiger partial charge in [0.2, 0.25) is 0 Å². The van der Waals surface area contributed by atoms with E-state index in [9.17, 15) is 18.8 Å². The van der Waals surface area contributed by atoms with Crippen molar-refractivity contribution in [3.63, 3.8) is 0 Å². The van der Waals surface area contributed by atoms with Gasteiger partial charge in [-0.1, -0.05) is 17.7 Å². The minimum Gasteiger partial charge on any atom is -0.449 e. The van der Waals surface area contributed by atoms with Crippen LogP contribution in [0.4, 0.5) is 9.18 Å². The number of nitrogens with one attached hydrogen (secondary N) is 2. The number of hydrogen-bond acceptors (Lipinski definition) is 4. The Balaban J connectivity index is 2.68. The molecule has 3 amide bonds. The highest BCUT2D eigenvalue weighted by molar-refractivity contribution is 6.33. The second-order valence-electron chi connectivity index (χ2n) is 5.84. The first-order valence-corrected chi connectivity index (χ1v) is 7.17. The van der Waals surface area contributed by atoms with Crippen LogP contribution >= 0.6 is 11.6 Å². The SMILES string of the molecule is CC(OC(=O)c1c(F)cccc1Cl)C(=O)NC(=O)NC(C)(C)C. The molecule has 0 aliphatic rings. The largest absolute Gasteiger partial charge is 0.449 e. The van der Waals surface area contributed by atoms with Crippen molar-refractivity contribution in [3.8, 4) is 0 Å². The van der Waals surface area contributed by atoms with Crippen LogP contribution in [0.1, 0.15) is 38.1 Å². The molecule has 1 atom stereocenters. The van der Waals surface area contributed by atoms with Gasteiger partial charge in [0.25, 0.3) is 5.91 Å². The number of amides is 3. The molecule has 0 aliphatic heterocycles. The van der Waals surface area contributed by atoms with Gasteiger partial charge in [-0.3, -0.25) is 10.1 Å². The fraction of sp³-hybridized carbons (Fsp3) is 0.400. The van der Waals surface area contributed by atoms with Gasteiger partial charge in [-0.2, -0.15) is 0 Å². The van der Waals surface area contributed by atoms with Gasteiger partial charge in [-0.25, -0.2) is 14.0 Å². The smallest absolute Gasteiger partial charge is 0.343 e. The van der Waals surface area contributed by atoms with Gasteiger partial charge >= 0.3 is 12.0 Å². The highest BCUT2D eigenvalue weighted by atomic mass is 35.5. The van der Waals surface area contributed by atoms with E-state index in [1.807, 2.05) is 5.32 Å². The maximum atomic E-state index is 13.6. The first-order valence-electron chi connectivity index (χ1n) is 6.79. The molecule has 0 heterocycles. The van der Waals surface area contributed by atoms with E-state index in [1.165, 1.54) is 19.1 Å². The molecule has 6 nitrogen and oxygen atoms in total. The Morgan fingerprint density at radius 2 is 1.87 bits per heavy atom. The van der Waals surface area contributed by atoms with E-state index in [-0.39, 0.29) is 5.02 Å². The number of imide groups is 1. The van der Waals surface area contributed by atoms with Crippen LogP contribution in [-0.4, -0.2) is 29.6 Å². The summed E-state index contributed by atoms with van der Waals surface area (Å²) in [6.07, 6.45) is -1.30. The van der Waals surface area contributed by atoms with E-state index in [1.54, 1.807) is 20.8 Å². The number of esters is 1. The third kappa shape index (κ3) is 5.86. The van der Waals surface area contributed by atoms with E-state index in [0.717, 1.165) is 6.07 Å². The average Bonchev–Trinajstić information content (AvgIpc) is 2.35. The van der Waals surface area contributed by atoms with Crippen LogP contribution in [0.25, 0.3) is 0 Å². The second kappa shape index (κ2) is 7.41. The van der Waals surface area contributed by atoms with E-state index < -0.39 is 40.9 Å². The topological polar surface area (TPSA) is 84.5 Å². The lowest BCUT2D eigenvalue weighted by Gasteiger charge is -2.21. The summed E-state index contributed by atoms with van der Waals surface area (Å²) in [5, 5.41) is 4.41. The van der Waals surface area contributed by atoms with Crippen molar-refractivity contribution in [2.24, 2.45) is 0 Å². The Kier molecular flexibility index (Phi) is 6.09. The predicted octanol–water partition coefficient (Wildman–Crippen LogP) is 2.65. The molecular weight excluding hydrogens is 327 g/mol. The van der Waals surface area contributed by atoms with Crippen LogP contribution in [0.3, 0.4) is 0 Å². The maximum absolute atomic E-state index is 13.6. The van der Waals surface area contributed by atoms with Crippen LogP contribution in [0, 0.1) is 5.82 Å². The average molecular weight is 345 g/mol. The molecule has 1 aromatic carbocycles. The van der Waals surface area contributed by atoms with Gasteiger partial charge < -0.3 is 10.1 Å². The Morgan fingerprint density at radius 3 is 2.39 bits per heavy atom. The summed E-state index contributed by atoms with van der Waals surface area (Å²) in [6, 6.07) is 2.98. The molecule has 0 spiro atoms. The number of carbonyl (C=O) groups excluding carboxylic acids is 3. The molecule has 0 aromatic heterocycles. The van der Waals surface area contributed by atoms with Crippen molar-refractivity contribution in [3.05, 3.63) is 34.6 Å². The fourth-order valence-corrected chi connectivity index (χ4v) is 1.79. The Hall–Kier alpha value is -2.15. The minimum atomic E-state index is -1.30. The number of halogens is 2. The summed E-state index contributed by atoms with van der Waals surface area (Å²) in [4.78, 5) is 35.3. The third-order valence-electron chi connectivity index (χ3n) is 2.55. The molecule has 0 fully saturated rings. The maximum Gasteiger partial charge on any atom is 0.343 e. The summed E-state index contributed by atoms with van der Waals surface area (Å²) in [6.45, 7) is 6.47. The molecule has 1 aromatic rings. The zero-order chi connectivity index (χ0) is 17.8. The molecule has 0 aliphatic carbocycles. The molecule has 1 rings (SSSR count). The highest BCUT2D eigenvalue weighted by Gasteiger charge is 2.25. The first kappa shape index (κ1) is 18.9. The molecule has 0 saturated heterocycles. The standard InChI is InChI=1S/C15H18ClFN2O4/c1-8(12(20)18-14(22)19-15(2,3)4)23-13(21)11-9(16)6-5-7-10(11)17/h5-8H,1-4H3,(H2,18,19,20,22). The Labute approximate surface area is 138 Å². The lowest BCUT2D eigenvalue weighted by molar-refractivity contribution is -0.127. The monoisotopic (exact) mass is 344 g/mol. The Morgan fingerprint density at radius 1 is 1.26 bits per heavy atom. The van der Waals surface area contributed by atoms with E-state index >= 15 is 0 Å². The number of urea groups is 1. The van der Waals surface area contributed by atoms with Crippen LogP contribution in [0.15, 0.2) is 18.2 Å². The third-order valence-corrected chi connectivity index (χ3v) is 2.86. The van der Waals surface area contributed by atoms with Crippen molar-refractivity contribution in [1.82, 2.24) is 10.6 Å². The molecular formula is C15H18ClFN2O4. The molecule has 8 heteroatoms. The van der Waals surface area contributed by atoms with Gasteiger partial charge in [0, 0.05) is 5.54 Å². The highest BCUT2D eigenvalue weighted by Crippen LogP contribution is 2.20. The van der Waals surface area contributed by atoms with Crippen molar-refractivity contribution in [1.29, 1.82) is 0 Å².